The minimum atomic E-state index is 0.224. The van der Waals surface area contributed by atoms with Gasteiger partial charge in [0.25, 0.3) is 0 Å². The largest absolute Gasteiger partial charge is 0.341 e. The van der Waals surface area contributed by atoms with Gasteiger partial charge in [0.15, 0.2) is 0 Å². The average Bonchev–Trinajstić information content (AvgIpc) is 3.02. The van der Waals surface area contributed by atoms with Crippen molar-refractivity contribution in [3.8, 4) is 0 Å². The molecule has 1 amide bonds. The first kappa shape index (κ1) is 10.9. The Labute approximate surface area is 92.0 Å². The van der Waals surface area contributed by atoms with Gasteiger partial charge in [0.05, 0.1) is 0 Å². The zero-order valence-corrected chi connectivity index (χ0v) is 9.61. The molecule has 1 saturated carbocycles. The Balaban J connectivity index is 1.85. The zero-order valence-electron chi connectivity index (χ0n) is 9.61. The summed E-state index contributed by atoms with van der Waals surface area (Å²) in [5.74, 6) is 1.70. The van der Waals surface area contributed by atoms with Gasteiger partial charge in [-0.15, -0.1) is 0 Å². The smallest absolute Gasteiger partial charge is 0.222 e. The van der Waals surface area contributed by atoms with Gasteiger partial charge in [-0.25, -0.2) is 0 Å². The molecule has 2 atom stereocenters. The van der Waals surface area contributed by atoms with Crippen LogP contribution in [-0.4, -0.2) is 29.9 Å². The molecule has 15 heavy (non-hydrogen) atoms. The van der Waals surface area contributed by atoms with Gasteiger partial charge in [-0.3, -0.25) is 4.79 Å². The summed E-state index contributed by atoms with van der Waals surface area (Å²) < 4.78 is 0. The van der Waals surface area contributed by atoms with Gasteiger partial charge in [0, 0.05) is 25.6 Å². The van der Waals surface area contributed by atoms with Crippen LogP contribution in [0, 0.1) is 11.8 Å². The van der Waals surface area contributed by atoms with Crippen LogP contribution in [0.2, 0.25) is 0 Å². The molecule has 0 aromatic rings. The molecule has 3 heteroatoms. The maximum atomic E-state index is 11.8. The monoisotopic (exact) mass is 210 g/mol. The van der Waals surface area contributed by atoms with Crippen LogP contribution in [0.15, 0.2) is 0 Å². The minimum Gasteiger partial charge on any atom is -0.341 e. The lowest BCUT2D eigenvalue weighted by molar-refractivity contribution is -0.131. The van der Waals surface area contributed by atoms with E-state index in [1.165, 1.54) is 12.8 Å². The molecule has 3 nitrogen and oxygen atoms in total. The van der Waals surface area contributed by atoms with Crippen LogP contribution in [0.25, 0.3) is 0 Å². The number of carbonyl (C=O) groups is 1. The normalized spacial score (nSPS) is 30.1. The third-order valence-corrected chi connectivity index (χ3v) is 3.75. The van der Waals surface area contributed by atoms with E-state index in [-0.39, 0.29) is 6.04 Å². The lowest BCUT2D eigenvalue weighted by atomic mass is 10.0. The predicted molar refractivity (Wildman–Crippen MR) is 60.3 cm³/mol. The Bertz CT molecular complexity index is 238. The Hall–Kier alpha value is -0.570. The van der Waals surface area contributed by atoms with E-state index in [2.05, 4.69) is 6.92 Å². The number of nitrogens with zero attached hydrogens (tertiary/aromatic N) is 1. The van der Waals surface area contributed by atoms with Crippen molar-refractivity contribution >= 4 is 5.91 Å². The summed E-state index contributed by atoms with van der Waals surface area (Å²) in [4.78, 5) is 13.8. The highest BCUT2D eigenvalue weighted by atomic mass is 16.2. The van der Waals surface area contributed by atoms with Gasteiger partial charge < -0.3 is 10.6 Å². The number of amides is 1. The van der Waals surface area contributed by atoms with E-state index in [1.807, 2.05) is 4.90 Å². The summed E-state index contributed by atoms with van der Waals surface area (Å²) in [6.45, 7) is 3.94. The highest BCUT2D eigenvalue weighted by Crippen LogP contribution is 2.32. The number of nitrogens with two attached hydrogens (primary N) is 1. The quantitative estimate of drug-likeness (QED) is 0.764. The van der Waals surface area contributed by atoms with Crippen LogP contribution in [0.5, 0.6) is 0 Å². The van der Waals surface area contributed by atoms with Gasteiger partial charge in [0.1, 0.15) is 0 Å². The van der Waals surface area contributed by atoms with E-state index in [0.717, 1.165) is 32.4 Å². The van der Waals surface area contributed by atoms with Gasteiger partial charge in [-0.05, 0) is 37.5 Å². The Kier molecular flexibility index (Phi) is 3.29. The lowest BCUT2D eigenvalue weighted by Crippen LogP contribution is -2.42. The predicted octanol–water partition coefficient (Wildman–Crippen LogP) is 1.37. The summed E-state index contributed by atoms with van der Waals surface area (Å²) in [5, 5.41) is 0. The number of hydrogen-bond donors (Lipinski definition) is 1. The molecule has 2 aliphatic rings. The SMILES string of the molecule is CC1CCC(=O)N(CC(N)C2CC2)CC1. The highest BCUT2D eigenvalue weighted by Gasteiger charge is 2.31. The molecule has 86 valence electrons. The fourth-order valence-electron chi connectivity index (χ4n) is 2.29. The fraction of sp³-hybridized carbons (Fsp3) is 0.917. The van der Waals surface area contributed by atoms with Crippen LogP contribution in [0.3, 0.4) is 0 Å². The molecule has 1 aliphatic carbocycles. The average molecular weight is 210 g/mol. The van der Waals surface area contributed by atoms with Crippen molar-refractivity contribution in [3.63, 3.8) is 0 Å². The van der Waals surface area contributed by atoms with Gasteiger partial charge in [-0.1, -0.05) is 6.92 Å². The second-order valence-corrected chi connectivity index (χ2v) is 5.27. The van der Waals surface area contributed by atoms with Crippen LogP contribution in [0.1, 0.15) is 39.0 Å². The van der Waals surface area contributed by atoms with Gasteiger partial charge >= 0.3 is 0 Å². The number of rotatable bonds is 3. The summed E-state index contributed by atoms with van der Waals surface area (Å²) in [7, 11) is 0. The first-order chi connectivity index (χ1) is 7.16. The second kappa shape index (κ2) is 4.52. The molecular formula is C12H22N2O. The molecule has 0 bridgehead atoms. The molecule has 2 rings (SSSR count). The van der Waals surface area contributed by atoms with Crippen molar-refractivity contribution in [1.82, 2.24) is 4.90 Å². The fourth-order valence-corrected chi connectivity index (χ4v) is 2.29. The van der Waals surface area contributed by atoms with Crippen LogP contribution >= 0.6 is 0 Å². The second-order valence-electron chi connectivity index (χ2n) is 5.27. The molecule has 0 radical (unpaired) electrons. The maximum absolute atomic E-state index is 11.8. The summed E-state index contributed by atoms with van der Waals surface area (Å²) in [6, 6.07) is 0.224. The first-order valence-electron chi connectivity index (χ1n) is 6.20. The van der Waals surface area contributed by atoms with Crippen molar-refractivity contribution in [2.45, 2.75) is 45.1 Å². The van der Waals surface area contributed by atoms with E-state index >= 15 is 0 Å². The molecule has 0 spiro atoms. The summed E-state index contributed by atoms with van der Waals surface area (Å²) in [6.07, 6.45) is 5.44. The maximum Gasteiger partial charge on any atom is 0.222 e. The molecule has 1 heterocycles. The Morgan fingerprint density at radius 2 is 2.13 bits per heavy atom. The molecule has 1 aliphatic heterocycles. The van der Waals surface area contributed by atoms with Crippen molar-refractivity contribution in [2.24, 2.45) is 17.6 Å². The van der Waals surface area contributed by atoms with Crippen LogP contribution in [-0.2, 0) is 4.79 Å². The van der Waals surface area contributed by atoms with Crippen molar-refractivity contribution in [2.75, 3.05) is 13.1 Å². The third-order valence-electron chi connectivity index (χ3n) is 3.75. The van der Waals surface area contributed by atoms with E-state index < -0.39 is 0 Å². The van der Waals surface area contributed by atoms with Gasteiger partial charge in [0.2, 0.25) is 5.91 Å². The summed E-state index contributed by atoms with van der Waals surface area (Å²) >= 11 is 0. The van der Waals surface area contributed by atoms with Crippen LogP contribution in [0.4, 0.5) is 0 Å². The van der Waals surface area contributed by atoms with E-state index in [0.29, 0.717) is 17.7 Å². The standard InChI is InChI=1S/C12H22N2O/c1-9-2-5-12(15)14(7-6-9)8-11(13)10-3-4-10/h9-11H,2-8,13H2,1H3. The van der Waals surface area contributed by atoms with E-state index in [9.17, 15) is 4.79 Å². The molecule has 1 saturated heterocycles. The number of hydrogen-bond acceptors (Lipinski definition) is 2. The van der Waals surface area contributed by atoms with E-state index in [4.69, 9.17) is 5.73 Å². The Morgan fingerprint density at radius 3 is 2.80 bits per heavy atom. The van der Waals surface area contributed by atoms with Crippen molar-refractivity contribution < 1.29 is 4.79 Å². The number of carbonyl (C=O) groups excluding carboxylic acids is 1. The molecule has 2 fully saturated rings. The summed E-state index contributed by atoms with van der Waals surface area (Å²) in [5.41, 5.74) is 6.06. The molecule has 2 N–H and O–H groups in total. The van der Waals surface area contributed by atoms with Crippen LogP contribution < -0.4 is 5.73 Å². The molecule has 2 unspecified atom stereocenters. The molecule has 0 aromatic carbocycles. The Morgan fingerprint density at radius 1 is 1.40 bits per heavy atom. The number of likely N-dealkylation sites (tertiary alicyclic amines) is 1. The minimum absolute atomic E-state index is 0.224. The lowest BCUT2D eigenvalue weighted by Gasteiger charge is -2.24. The highest BCUT2D eigenvalue weighted by molar-refractivity contribution is 5.76. The van der Waals surface area contributed by atoms with Gasteiger partial charge in [-0.2, -0.15) is 0 Å². The van der Waals surface area contributed by atoms with Crippen molar-refractivity contribution in [3.05, 3.63) is 0 Å². The molecular weight excluding hydrogens is 188 g/mol. The zero-order chi connectivity index (χ0) is 10.8. The topological polar surface area (TPSA) is 46.3 Å². The first-order valence-corrected chi connectivity index (χ1v) is 6.20. The van der Waals surface area contributed by atoms with E-state index in [1.54, 1.807) is 0 Å². The molecule has 0 aromatic heterocycles. The third kappa shape index (κ3) is 2.94. The van der Waals surface area contributed by atoms with Crippen molar-refractivity contribution in [1.29, 1.82) is 0 Å².